The number of hydrogen-bond donors (Lipinski definition) is 1. The number of ether oxygens (including phenoxy) is 1. The molecule has 0 aliphatic carbocycles. The number of ketones is 1. The van der Waals surface area contributed by atoms with Crippen LogP contribution in [0, 0.1) is 6.92 Å². The molecular formula is C18H17Cl2NO4S. The van der Waals surface area contributed by atoms with Gasteiger partial charge in [-0.2, -0.15) is 0 Å². The number of halogens is 2. The van der Waals surface area contributed by atoms with Crippen LogP contribution in [-0.2, 0) is 14.3 Å². The molecule has 2 aromatic rings. The summed E-state index contributed by atoms with van der Waals surface area (Å²) in [4.78, 5) is 37.6. The van der Waals surface area contributed by atoms with Gasteiger partial charge < -0.3 is 10.1 Å². The molecule has 1 unspecified atom stereocenters. The fraction of sp³-hybridized carbons (Fsp3) is 0.278. The molecule has 1 aromatic heterocycles. The summed E-state index contributed by atoms with van der Waals surface area (Å²) in [5, 5.41) is 3.28. The summed E-state index contributed by atoms with van der Waals surface area (Å²) < 4.78 is 5.07. The minimum absolute atomic E-state index is 0.0350. The largest absolute Gasteiger partial charge is 0.453 e. The van der Waals surface area contributed by atoms with E-state index in [2.05, 4.69) is 5.32 Å². The number of amides is 1. The number of thiophene rings is 1. The molecule has 1 amide bonds. The number of esters is 1. The van der Waals surface area contributed by atoms with E-state index in [1.807, 2.05) is 13.0 Å². The number of nitrogens with one attached hydrogen (secondary N) is 1. The van der Waals surface area contributed by atoms with Crippen LogP contribution in [0.15, 0.2) is 30.3 Å². The van der Waals surface area contributed by atoms with Gasteiger partial charge in [0.15, 0.2) is 11.9 Å². The molecule has 0 bridgehead atoms. The third-order valence-electron chi connectivity index (χ3n) is 3.44. The van der Waals surface area contributed by atoms with E-state index < -0.39 is 18.0 Å². The average Bonchev–Trinajstić information content (AvgIpc) is 3.02. The Morgan fingerprint density at radius 3 is 2.54 bits per heavy atom. The highest BCUT2D eigenvalue weighted by Crippen LogP contribution is 2.25. The maximum absolute atomic E-state index is 12.1. The van der Waals surface area contributed by atoms with Crippen LogP contribution in [-0.4, -0.2) is 23.8 Å². The number of Topliss-reactive ketones (excluding diaryl/α,β-unsaturated/α-hetero) is 1. The zero-order valence-corrected chi connectivity index (χ0v) is 16.5. The van der Waals surface area contributed by atoms with Gasteiger partial charge in [0.1, 0.15) is 0 Å². The minimum atomic E-state index is -1.03. The number of hydrogen-bond acceptors (Lipinski definition) is 5. The molecule has 8 heteroatoms. The predicted octanol–water partition coefficient (Wildman–Crippen LogP) is 4.90. The molecule has 0 aliphatic heterocycles. The first kappa shape index (κ1) is 20.4. The maximum Gasteiger partial charge on any atom is 0.307 e. The van der Waals surface area contributed by atoms with Crippen LogP contribution < -0.4 is 5.32 Å². The second-order valence-electron chi connectivity index (χ2n) is 5.58. The van der Waals surface area contributed by atoms with Crippen molar-refractivity contribution in [1.82, 2.24) is 0 Å². The topological polar surface area (TPSA) is 72.5 Å². The number of benzene rings is 1. The Kier molecular flexibility index (Phi) is 7.20. The number of aryl methyl sites for hydroxylation is 1. The Balaban J connectivity index is 1.83. The smallest absolute Gasteiger partial charge is 0.307 e. The molecule has 2 rings (SSSR count). The Hall–Kier alpha value is -1.89. The van der Waals surface area contributed by atoms with Crippen molar-refractivity contribution in [2.24, 2.45) is 0 Å². The van der Waals surface area contributed by atoms with E-state index in [0.29, 0.717) is 20.6 Å². The lowest BCUT2D eigenvalue weighted by Crippen LogP contribution is -2.30. The normalized spacial score (nSPS) is 11.7. The molecule has 138 valence electrons. The summed E-state index contributed by atoms with van der Waals surface area (Å²) in [6, 6.07) is 8.23. The van der Waals surface area contributed by atoms with Crippen LogP contribution in [0.4, 0.5) is 5.69 Å². The van der Waals surface area contributed by atoms with Gasteiger partial charge in [0.25, 0.3) is 5.91 Å². The molecule has 0 saturated carbocycles. The summed E-state index contributed by atoms with van der Waals surface area (Å²) >= 11 is 13.2. The molecule has 1 atom stereocenters. The van der Waals surface area contributed by atoms with Gasteiger partial charge >= 0.3 is 5.97 Å². The summed E-state index contributed by atoms with van der Waals surface area (Å²) in [6.07, 6.45) is -1.09. The second kappa shape index (κ2) is 9.16. The fourth-order valence-electron chi connectivity index (χ4n) is 2.06. The van der Waals surface area contributed by atoms with Crippen LogP contribution in [0.1, 0.15) is 34.3 Å². The first-order chi connectivity index (χ1) is 12.3. The van der Waals surface area contributed by atoms with Gasteiger partial charge in [-0.3, -0.25) is 14.4 Å². The zero-order valence-electron chi connectivity index (χ0n) is 14.2. The summed E-state index contributed by atoms with van der Waals surface area (Å²) in [7, 11) is 0. The third-order valence-corrected chi connectivity index (χ3v) is 5.04. The molecule has 0 aliphatic rings. The van der Waals surface area contributed by atoms with E-state index in [1.165, 1.54) is 24.3 Å². The van der Waals surface area contributed by atoms with E-state index in [0.717, 1.165) is 4.88 Å². The number of carbonyl (C=O) groups excluding carboxylic acids is 3. The van der Waals surface area contributed by atoms with E-state index in [9.17, 15) is 14.4 Å². The van der Waals surface area contributed by atoms with Crippen LogP contribution in [0.25, 0.3) is 0 Å². The third kappa shape index (κ3) is 5.83. The number of anilines is 1. The average molecular weight is 414 g/mol. The van der Waals surface area contributed by atoms with E-state index in [-0.39, 0.29) is 18.6 Å². The SMILES string of the molecule is Cc1ccc(C(=O)CCC(=O)OC(C)C(=O)Nc2cc(Cl)ccc2Cl)s1. The summed E-state index contributed by atoms with van der Waals surface area (Å²) in [5.41, 5.74) is 0.329. The molecule has 0 spiro atoms. The Morgan fingerprint density at radius 2 is 1.88 bits per heavy atom. The molecule has 1 aromatic carbocycles. The van der Waals surface area contributed by atoms with Crippen molar-refractivity contribution in [3.8, 4) is 0 Å². The van der Waals surface area contributed by atoms with Gasteiger partial charge in [-0.25, -0.2) is 0 Å². The zero-order chi connectivity index (χ0) is 19.3. The van der Waals surface area contributed by atoms with Crippen molar-refractivity contribution in [3.63, 3.8) is 0 Å². The molecule has 1 heterocycles. The van der Waals surface area contributed by atoms with Gasteiger partial charge in [0.05, 0.1) is 22.0 Å². The standard InChI is InChI=1S/C18H17Cl2NO4S/c1-10-3-7-16(26-10)15(22)6-8-17(23)25-11(2)18(24)21-14-9-12(19)4-5-13(14)20/h3-5,7,9,11H,6,8H2,1-2H3,(H,21,24). The lowest BCUT2D eigenvalue weighted by molar-refractivity contribution is -0.153. The highest BCUT2D eigenvalue weighted by atomic mass is 35.5. The monoisotopic (exact) mass is 413 g/mol. The van der Waals surface area contributed by atoms with Gasteiger partial charge in [-0.05, 0) is 44.2 Å². The van der Waals surface area contributed by atoms with Crippen LogP contribution in [0.5, 0.6) is 0 Å². The first-order valence-electron chi connectivity index (χ1n) is 7.81. The molecule has 26 heavy (non-hydrogen) atoms. The molecule has 0 fully saturated rings. The summed E-state index contributed by atoms with van der Waals surface area (Å²) in [5.74, 6) is -1.28. The highest BCUT2D eigenvalue weighted by molar-refractivity contribution is 7.14. The fourth-order valence-corrected chi connectivity index (χ4v) is 3.23. The van der Waals surface area contributed by atoms with Gasteiger partial charge in [0.2, 0.25) is 0 Å². The van der Waals surface area contributed by atoms with Crippen molar-refractivity contribution >= 4 is 57.9 Å². The van der Waals surface area contributed by atoms with Crippen molar-refractivity contribution in [3.05, 3.63) is 50.1 Å². The van der Waals surface area contributed by atoms with Gasteiger partial charge in [-0.1, -0.05) is 23.2 Å². The van der Waals surface area contributed by atoms with Gasteiger partial charge in [0, 0.05) is 16.3 Å². The van der Waals surface area contributed by atoms with Crippen molar-refractivity contribution in [2.45, 2.75) is 32.8 Å². The maximum atomic E-state index is 12.1. The highest BCUT2D eigenvalue weighted by Gasteiger charge is 2.20. The predicted molar refractivity (Wildman–Crippen MR) is 103 cm³/mol. The lowest BCUT2D eigenvalue weighted by atomic mass is 10.2. The Bertz CT molecular complexity index is 834. The van der Waals surface area contributed by atoms with Crippen molar-refractivity contribution in [2.75, 3.05) is 5.32 Å². The van der Waals surface area contributed by atoms with Crippen LogP contribution in [0.3, 0.4) is 0 Å². The summed E-state index contributed by atoms with van der Waals surface area (Å²) in [6.45, 7) is 3.35. The molecule has 0 saturated heterocycles. The van der Waals surface area contributed by atoms with E-state index in [4.69, 9.17) is 27.9 Å². The molecule has 0 radical (unpaired) electrons. The number of carbonyl (C=O) groups is 3. The molecule has 5 nitrogen and oxygen atoms in total. The minimum Gasteiger partial charge on any atom is -0.453 e. The van der Waals surface area contributed by atoms with Crippen molar-refractivity contribution < 1.29 is 19.1 Å². The van der Waals surface area contributed by atoms with E-state index >= 15 is 0 Å². The Morgan fingerprint density at radius 1 is 1.15 bits per heavy atom. The van der Waals surface area contributed by atoms with Crippen LogP contribution >= 0.6 is 34.5 Å². The number of rotatable bonds is 7. The Labute approximate surface area is 165 Å². The molecular weight excluding hydrogens is 397 g/mol. The lowest BCUT2D eigenvalue weighted by Gasteiger charge is -2.14. The van der Waals surface area contributed by atoms with Gasteiger partial charge in [-0.15, -0.1) is 11.3 Å². The second-order valence-corrected chi connectivity index (χ2v) is 7.71. The van der Waals surface area contributed by atoms with Crippen molar-refractivity contribution in [1.29, 1.82) is 0 Å². The quantitative estimate of drug-likeness (QED) is 0.517. The van der Waals surface area contributed by atoms with E-state index in [1.54, 1.807) is 18.2 Å². The first-order valence-corrected chi connectivity index (χ1v) is 9.38. The molecule has 1 N–H and O–H groups in total. The van der Waals surface area contributed by atoms with Crippen LogP contribution in [0.2, 0.25) is 10.0 Å².